The Hall–Kier alpha value is -0.650. The number of rotatable bonds is 9. The molecule has 0 saturated carbocycles. The van der Waals surface area contributed by atoms with Crippen LogP contribution >= 0.6 is 0 Å². The highest BCUT2D eigenvalue weighted by Gasteiger charge is 2.39. The molecular weight excluding hydrogens is 290 g/mol. The standard InChI is InChI=1S/C18H35N3O2/c1-23-16-18(8-11-19-12-9-18)17(22)20-10-4-2-5-13-21-14-6-3-7-15-21/h19H,2-16H2,1H3,(H,20,22). The lowest BCUT2D eigenvalue weighted by Gasteiger charge is -2.35. The number of nitrogens with one attached hydrogen (secondary N) is 2. The number of likely N-dealkylation sites (tertiary alicyclic amines) is 1. The van der Waals surface area contributed by atoms with Gasteiger partial charge in [-0.25, -0.2) is 0 Å². The summed E-state index contributed by atoms with van der Waals surface area (Å²) in [7, 11) is 1.69. The van der Waals surface area contributed by atoms with Crippen molar-refractivity contribution in [1.82, 2.24) is 15.5 Å². The van der Waals surface area contributed by atoms with Gasteiger partial charge in [0.15, 0.2) is 0 Å². The van der Waals surface area contributed by atoms with Crippen LogP contribution in [-0.2, 0) is 9.53 Å². The maximum absolute atomic E-state index is 12.6. The van der Waals surface area contributed by atoms with Gasteiger partial charge < -0.3 is 20.3 Å². The van der Waals surface area contributed by atoms with Crippen LogP contribution in [0.25, 0.3) is 0 Å². The summed E-state index contributed by atoms with van der Waals surface area (Å²) >= 11 is 0. The van der Waals surface area contributed by atoms with Crippen molar-refractivity contribution in [2.24, 2.45) is 5.41 Å². The summed E-state index contributed by atoms with van der Waals surface area (Å²) < 4.78 is 5.32. The van der Waals surface area contributed by atoms with E-state index in [1.807, 2.05) is 0 Å². The van der Waals surface area contributed by atoms with Gasteiger partial charge in [-0.05, 0) is 71.2 Å². The third-order valence-electron chi connectivity index (χ3n) is 5.35. The van der Waals surface area contributed by atoms with Crippen LogP contribution in [-0.4, -0.2) is 63.8 Å². The number of hydrogen-bond acceptors (Lipinski definition) is 4. The van der Waals surface area contributed by atoms with Crippen LogP contribution in [0.5, 0.6) is 0 Å². The average molecular weight is 325 g/mol. The van der Waals surface area contributed by atoms with Crippen molar-refractivity contribution in [1.29, 1.82) is 0 Å². The summed E-state index contributed by atoms with van der Waals surface area (Å²) in [5, 5.41) is 6.48. The minimum absolute atomic E-state index is 0.192. The van der Waals surface area contributed by atoms with E-state index in [4.69, 9.17) is 4.74 Å². The Labute approximate surface area is 141 Å². The highest BCUT2D eigenvalue weighted by Crippen LogP contribution is 2.29. The average Bonchev–Trinajstić information content (AvgIpc) is 2.60. The van der Waals surface area contributed by atoms with E-state index in [-0.39, 0.29) is 11.3 Å². The quantitative estimate of drug-likeness (QED) is 0.635. The van der Waals surface area contributed by atoms with Gasteiger partial charge in [-0.15, -0.1) is 0 Å². The molecule has 2 rings (SSSR count). The number of carbonyl (C=O) groups is 1. The second-order valence-electron chi connectivity index (χ2n) is 7.18. The van der Waals surface area contributed by atoms with Gasteiger partial charge in [-0.3, -0.25) is 4.79 Å². The SMILES string of the molecule is COCC1(C(=O)NCCCCCN2CCCCC2)CCNCC1. The number of ether oxygens (including phenoxy) is 1. The van der Waals surface area contributed by atoms with E-state index in [0.29, 0.717) is 6.61 Å². The molecule has 2 fully saturated rings. The molecule has 0 aromatic rings. The molecule has 1 amide bonds. The van der Waals surface area contributed by atoms with Crippen molar-refractivity contribution in [2.75, 3.05) is 53.0 Å². The Balaban J connectivity index is 1.57. The molecule has 0 bridgehead atoms. The van der Waals surface area contributed by atoms with Crippen LogP contribution in [0.4, 0.5) is 0 Å². The molecular formula is C18H35N3O2. The summed E-state index contributed by atoms with van der Waals surface area (Å²) in [6.45, 7) is 6.95. The molecule has 2 aliphatic rings. The molecule has 0 aromatic carbocycles. The molecule has 2 aliphatic heterocycles. The Kier molecular flexibility index (Phi) is 8.34. The number of amides is 1. The van der Waals surface area contributed by atoms with Crippen molar-refractivity contribution in [2.45, 2.75) is 51.4 Å². The van der Waals surface area contributed by atoms with Crippen molar-refractivity contribution in [3.8, 4) is 0 Å². The lowest BCUT2D eigenvalue weighted by Crippen LogP contribution is -2.50. The molecule has 0 spiro atoms. The first-order chi connectivity index (χ1) is 11.3. The maximum atomic E-state index is 12.6. The van der Waals surface area contributed by atoms with E-state index < -0.39 is 0 Å². The first kappa shape index (κ1) is 18.7. The molecule has 2 N–H and O–H groups in total. The highest BCUT2D eigenvalue weighted by molar-refractivity contribution is 5.82. The largest absolute Gasteiger partial charge is 0.384 e. The predicted octanol–water partition coefficient (Wildman–Crippen LogP) is 1.78. The number of methoxy groups -OCH3 is 1. The maximum Gasteiger partial charge on any atom is 0.228 e. The van der Waals surface area contributed by atoms with E-state index in [9.17, 15) is 4.79 Å². The Morgan fingerprint density at radius 1 is 1.13 bits per heavy atom. The first-order valence-electron chi connectivity index (χ1n) is 9.47. The number of carbonyl (C=O) groups excluding carboxylic acids is 1. The van der Waals surface area contributed by atoms with E-state index >= 15 is 0 Å². The van der Waals surface area contributed by atoms with Gasteiger partial charge in [0, 0.05) is 13.7 Å². The van der Waals surface area contributed by atoms with Gasteiger partial charge in [-0.2, -0.15) is 0 Å². The highest BCUT2D eigenvalue weighted by atomic mass is 16.5. The van der Waals surface area contributed by atoms with Crippen LogP contribution in [0, 0.1) is 5.41 Å². The third-order valence-corrected chi connectivity index (χ3v) is 5.35. The second kappa shape index (κ2) is 10.3. The van der Waals surface area contributed by atoms with Gasteiger partial charge in [0.05, 0.1) is 12.0 Å². The van der Waals surface area contributed by atoms with E-state index in [1.165, 1.54) is 51.7 Å². The summed E-state index contributed by atoms with van der Waals surface area (Å²) in [5.74, 6) is 0.192. The lowest BCUT2D eigenvalue weighted by molar-refractivity contribution is -0.136. The summed E-state index contributed by atoms with van der Waals surface area (Å²) in [5.41, 5.74) is -0.312. The zero-order chi connectivity index (χ0) is 16.4. The van der Waals surface area contributed by atoms with E-state index in [1.54, 1.807) is 7.11 Å². The topological polar surface area (TPSA) is 53.6 Å². The van der Waals surface area contributed by atoms with Crippen LogP contribution in [0.3, 0.4) is 0 Å². The number of unbranched alkanes of at least 4 members (excludes halogenated alkanes) is 2. The molecule has 134 valence electrons. The normalized spacial score (nSPS) is 22.0. The molecule has 5 heteroatoms. The third kappa shape index (κ3) is 6.05. The first-order valence-corrected chi connectivity index (χ1v) is 9.47. The van der Waals surface area contributed by atoms with E-state index in [2.05, 4.69) is 15.5 Å². The molecule has 2 saturated heterocycles. The van der Waals surface area contributed by atoms with Gasteiger partial charge >= 0.3 is 0 Å². The second-order valence-corrected chi connectivity index (χ2v) is 7.18. The Bertz CT molecular complexity index is 332. The summed E-state index contributed by atoms with van der Waals surface area (Å²) in [6, 6.07) is 0. The Morgan fingerprint density at radius 2 is 1.87 bits per heavy atom. The fourth-order valence-electron chi connectivity index (χ4n) is 3.83. The molecule has 0 unspecified atom stereocenters. The molecule has 0 aromatic heterocycles. The van der Waals surface area contributed by atoms with E-state index in [0.717, 1.165) is 38.9 Å². The zero-order valence-electron chi connectivity index (χ0n) is 14.9. The van der Waals surface area contributed by atoms with Gasteiger partial charge in [-0.1, -0.05) is 12.8 Å². The molecule has 0 radical (unpaired) electrons. The molecule has 5 nitrogen and oxygen atoms in total. The van der Waals surface area contributed by atoms with Crippen molar-refractivity contribution < 1.29 is 9.53 Å². The van der Waals surface area contributed by atoms with Gasteiger partial charge in [0.2, 0.25) is 5.91 Å². The lowest BCUT2D eigenvalue weighted by atomic mass is 9.78. The number of hydrogen-bond donors (Lipinski definition) is 2. The number of piperidine rings is 2. The van der Waals surface area contributed by atoms with Crippen LogP contribution in [0.2, 0.25) is 0 Å². The van der Waals surface area contributed by atoms with Crippen LogP contribution < -0.4 is 10.6 Å². The molecule has 23 heavy (non-hydrogen) atoms. The molecule has 0 aliphatic carbocycles. The smallest absolute Gasteiger partial charge is 0.228 e. The Morgan fingerprint density at radius 3 is 2.57 bits per heavy atom. The van der Waals surface area contributed by atoms with Gasteiger partial charge in [0.25, 0.3) is 0 Å². The molecule has 2 heterocycles. The summed E-state index contributed by atoms with van der Waals surface area (Å²) in [6.07, 6.45) is 9.43. The minimum atomic E-state index is -0.312. The minimum Gasteiger partial charge on any atom is -0.384 e. The fourth-order valence-corrected chi connectivity index (χ4v) is 3.83. The number of nitrogens with zero attached hydrogens (tertiary/aromatic N) is 1. The van der Waals surface area contributed by atoms with Crippen LogP contribution in [0.15, 0.2) is 0 Å². The van der Waals surface area contributed by atoms with Crippen molar-refractivity contribution in [3.05, 3.63) is 0 Å². The predicted molar refractivity (Wildman–Crippen MR) is 93.6 cm³/mol. The monoisotopic (exact) mass is 325 g/mol. The van der Waals surface area contributed by atoms with Gasteiger partial charge in [0.1, 0.15) is 0 Å². The van der Waals surface area contributed by atoms with Crippen LogP contribution in [0.1, 0.15) is 51.4 Å². The van der Waals surface area contributed by atoms with Crippen molar-refractivity contribution >= 4 is 5.91 Å². The molecule has 0 atom stereocenters. The fraction of sp³-hybridized carbons (Fsp3) is 0.944. The summed E-state index contributed by atoms with van der Waals surface area (Å²) in [4.78, 5) is 15.2. The van der Waals surface area contributed by atoms with Crippen molar-refractivity contribution in [3.63, 3.8) is 0 Å². The zero-order valence-corrected chi connectivity index (χ0v) is 14.9.